The Bertz CT molecular complexity index is 367. The molecule has 1 heterocycles. The predicted molar refractivity (Wildman–Crippen MR) is 70.3 cm³/mol. The zero-order valence-corrected chi connectivity index (χ0v) is 11.3. The zero-order valence-electron chi connectivity index (χ0n) is 11.3. The van der Waals surface area contributed by atoms with Crippen molar-refractivity contribution < 1.29 is 4.79 Å². The van der Waals surface area contributed by atoms with Crippen LogP contribution in [0.5, 0.6) is 0 Å². The molecule has 0 atom stereocenters. The fourth-order valence-corrected chi connectivity index (χ4v) is 1.81. The maximum Gasteiger partial charge on any atom is 0.253 e. The molecule has 0 spiro atoms. The molecule has 1 rings (SSSR count). The minimum absolute atomic E-state index is 0.0234. The van der Waals surface area contributed by atoms with Gasteiger partial charge in [0.2, 0.25) is 0 Å². The molecule has 0 aliphatic rings. The van der Waals surface area contributed by atoms with Crippen molar-refractivity contribution in [1.29, 1.82) is 0 Å². The van der Waals surface area contributed by atoms with Gasteiger partial charge in [-0.2, -0.15) is 0 Å². The van der Waals surface area contributed by atoms with Crippen LogP contribution < -0.4 is 5.32 Å². The third-order valence-corrected chi connectivity index (χ3v) is 3.24. The molecule has 0 unspecified atom stereocenters. The summed E-state index contributed by atoms with van der Waals surface area (Å²) in [5.41, 5.74) is 1.78. The Labute approximate surface area is 104 Å². The molecule has 0 radical (unpaired) electrons. The summed E-state index contributed by atoms with van der Waals surface area (Å²) >= 11 is 0. The monoisotopic (exact) mass is 237 g/mol. The summed E-state index contributed by atoms with van der Waals surface area (Å²) in [6, 6.07) is 1.86. The van der Waals surface area contributed by atoms with Crippen LogP contribution in [0.25, 0.3) is 0 Å². The maximum atomic E-state index is 11.9. The summed E-state index contributed by atoms with van der Waals surface area (Å²) in [7, 11) is 1.95. The molecular weight excluding hydrogens is 214 g/mol. The molecule has 0 saturated heterocycles. The highest BCUT2D eigenvalue weighted by atomic mass is 16.1. The average molecular weight is 237 g/mol. The fraction of sp³-hybridized carbons (Fsp3) is 0.615. The molecule has 1 amide bonds. The van der Waals surface area contributed by atoms with E-state index in [1.165, 1.54) is 0 Å². The lowest BCUT2D eigenvalue weighted by Crippen LogP contribution is -2.34. The maximum absolute atomic E-state index is 11.9. The van der Waals surface area contributed by atoms with Gasteiger partial charge in [0.05, 0.1) is 5.56 Å². The Morgan fingerprint density at radius 1 is 1.41 bits per heavy atom. The molecule has 0 aromatic carbocycles. The van der Waals surface area contributed by atoms with Gasteiger partial charge in [-0.1, -0.05) is 13.8 Å². The molecule has 1 N–H and O–H groups in total. The number of amides is 1. The van der Waals surface area contributed by atoms with E-state index in [2.05, 4.69) is 24.1 Å². The number of aromatic nitrogens is 1. The second-order valence-corrected chi connectivity index (χ2v) is 4.21. The lowest BCUT2D eigenvalue weighted by atomic mass is 10.2. The normalized spacial score (nSPS) is 10.9. The van der Waals surface area contributed by atoms with Crippen LogP contribution in [0.4, 0.5) is 0 Å². The van der Waals surface area contributed by atoms with Crippen molar-refractivity contribution in [3.63, 3.8) is 0 Å². The van der Waals surface area contributed by atoms with E-state index >= 15 is 0 Å². The van der Waals surface area contributed by atoms with Crippen molar-refractivity contribution in [2.24, 2.45) is 7.05 Å². The number of likely N-dealkylation sites (N-methyl/N-ethyl adjacent to an activating group) is 1. The lowest BCUT2D eigenvalue weighted by Gasteiger charge is -2.17. The topological polar surface area (TPSA) is 37.3 Å². The van der Waals surface area contributed by atoms with Crippen molar-refractivity contribution in [1.82, 2.24) is 14.8 Å². The first-order valence-electron chi connectivity index (χ1n) is 6.22. The van der Waals surface area contributed by atoms with Crippen LogP contribution in [-0.2, 0) is 7.05 Å². The highest BCUT2D eigenvalue weighted by Gasteiger charge is 2.10. The molecule has 4 nitrogen and oxygen atoms in total. The highest BCUT2D eigenvalue weighted by Crippen LogP contribution is 2.07. The van der Waals surface area contributed by atoms with Gasteiger partial charge in [-0.15, -0.1) is 0 Å². The summed E-state index contributed by atoms with van der Waals surface area (Å²) in [5, 5.41) is 2.96. The van der Waals surface area contributed by atoms with Gasteiger partial charge >= 0.3 is 0 Å². The van der Waals surface area contributed by atoms with Gasteiger partial charge in [0.15, 0.2) is 0 Å². The largest absolute Gasteiger partial charge is 0.354 e. The first-order valence-corrected chi connectivity index (χ1v) is 6.22. The third kappa shape index (κ3) is 3.60. The van der Waals surface area contributed by atoms with Crippen LogP contribution in [0.2, 0.25) is 0 Å². The summed E-state index contributed by atoms with van der Waals surface area (Å²) in [4.78, 5) is 14.2. The minimum Gasteiger partial charge on any atom is -0.354 e. The van der Waals surface area contributed by atoms with Crippen LogP contribution in [0.3, 0.4) is 0 Å². The molecule has 0 bridgehead atoms. The summed E-state index contributed by atoms with van der Waals surface area (Å²) < 4.78 is 1.96. The Morgan fingerprint density at radius 3 is 2.53 bits per heavy atom. The van der Waals surface area contributed by atoms with Gasteiger partial charge in [0.25, 0.3) is 5.91 Å². The number of carbonyl (C=O) groups excluding carboxylic acids is 1. The second-order valence-electron chi connectivity index (χ2n) is 4.21. The number of nitrogens with one attached hydrogen (secondary N) is 1. The fourth-order valence-electron chi connectivity index (χ4n) is 1.81. The second kappa shape index (κ2) is 6.45. The van der Waals surface area contributed by atoms with Gasteiger partial charge in [-0.3, -0.25) is 4.79 Å². The molecule has 1 aromatic rings. The SMILES string of the molecule is CCN(CC)CCNC(=O)c1ccn(C)c1C. The van der Waals surface area contributed by atoms with E-state index in [-0.39, 0.29) is 5.91 Å². The average Bonchev–Trinajstić information content (AvgIpc) is 2.65. The lowest BCUT2D eigenvalue weighted by molar-refractivity contribution is 0.0948. The Balaban J connectivity index is 2.43. The van der Waals surface area contributed by atoms with E-state index in [1.54, 1.807) is 0 Å². The number of aryl methyl sites for hydroxylation is 1. The smallest absolute Gasteiger partial charge is 0.253 e. The molecule has 0 aliphatic heterocycles. The van der Waals surface area contributed by atoms with Crippen molar-refractivity contribution in [2.45, 2.75) is 20.8 Å². The van der Waals surface area contributed by atoms with Crippen molar-refractivity contribution in [3.8, 4) is 0 Å². The van der Waals surface area contributed by atoms with Crippen molar-refractivity contribution >= 4 is 5.91 Å². The Hall–Kier alpha value is -1.29. The third-order valence-electron chi connectivity index (χ3n) is 3.24. The summed E-state index contributed by atoms with van der Waals surface area (Å²) in [6.45, 7) is 9.88. The zero-order chi connectivity index (χ0) is 12.8. The van der Waals surface area contributed by atoms with Crippen LogP contribution in [0, 0.1) is 6.92 Å². The highest BCUT2D eigenvalue weighted by molar-refractivity contribution is 5.95. The number of hydrogen-bond acceptors (Lipinski definition) is 2. The predicted octanol–water partition coefficient (Wildman–Crippen LogP) is 1.41. The van der Waals surface area contributed by atoms with E-state index in [0.717, 1.165) is 30.9 Å². The van der Waals surface area contributed by atoms with Gasteiger partial charge in [-0.05, 0) is 26.1 Å². The molecule has 0 fully saturated rings. The van der Waals surface area contributed by atoms with Crippen LogP contribution in [-0.4, -0.2) is 41.6 Å². The van der Waals surface area contributed by atoms with E-state index in [0.29, 0.717) is 6.54 Å². The summed E-state index contributed by atoms with van der Waals surface area (Å²) in [6.07, 6.45) is 1.91. The summed E-state index contributed by atoms with van der Waals surface area (Å²) in [5.74, 6) is 0.0234. The van der Waals surface area contributed by atoms with Crippen LogP contribution >= 0.6 is 0 Å². The van der Waals surface area contributed by atoms with Crippen LogP contribution in [0.15, 0.2) is 12.3 Å². The standard InChI is InChI=1S/C13H23N3O/c1-5-16(6-2)10-8-14-13(17)12-7-9-15(4)11(12)3/h7,9H,5-6,8,10H2,1-4H3,(H,14,17). The molecule has 0 aliphatic carbocycles. The Morgan fingerprint density at radius 2 is 2.06 bits per heavy atom. The van der Waals surface area contributed by atoms with E-state index in [4.69, 9.17) is 0 Å². The molecule has 0 saturated carbocycles. The van der Waals surface area contributed by atoms with E-state index in [9.17, 15) is 4.79 Å². The van der Waals surface area contributed by atoms with Gasteiger partial charge in [0.1, 0.15) is 0 Å². The first-order chi connectivity index (χ1) is 8.10. The van der Waals surface area contributed by atoms with Crippen molar-refractivity contribution in [3.05, 3.63) is 23.5 Å². The molecule has 17 heavy (non-hydrogen) atoms. The van der Waals surface area contributed by atoms with Crippen molar-refractivity contribution in [2.75, 3.05) is 26.2 Å². The minimum atomic E-state index is 0.0234. The first kappa shape index (κ1) is 13.8. The molecular formula is C13H23N3O. The van der Waals surface area contributed by atoms with Crippen LogP contribution in [0.1, 0.15) is 29.9 Å². The number of hydrogen-bond donors (Lipinski definition) is 1. The number of carbonyl (C=O) groups is 1. The quantitative estimate of drug-likeness (QED) is 0.812. The number of rotatable bonds is 6. The Kier molecular flexibility index (Phi) is 5.22. The molecule has 1 aromatic heterocycles. The van der Waals surface area contributed by atoms with E-state index < -0.39 is 0 Å². The molecule has 96 valence electrons. The van der Waals surface area contributed by atoms with Gasteiger partial charge in [0, 0.05) is 32.0 Å². The number of nitrogens with zero attached hydrogens (tertiary/aromatic N) is 2. The van der Waals surface area contributed by atoms with Gasteiger partial charge in [-0.25, -0.2) is 0 Å². The molecule has 4 heteroatoms. The van der Waals surface area contributed by atoms with E-state index in [1.807, 2.05) is 30.8 Å². The van der Waals surface area contributed by atoms with Gasteiger partial charge < -0.3 is 14.8 Å².